The van der Waals surface area contributed by atoms with E-state index in [2.05, 4.69) is 4.74 Å². The van der Waals surface area contributed by atoms with E-state index in [4.69, 9.17) is 11.6 Å². The minimum atomic E-state index is -4.74. The van der Waals surface area contributed by atoms with Gasteiger partial charge in [-0.25, -0.2) is 0 Å². The van der Waals surface area contributed by atoms with Crippen LogP contribution in [0, 0.1) is 3.57 Å². The van der Waals surface area contributed by atoms with Gasteiger partial charge >= 0.3 is 6.36 Å². The average Bonchev–Trinajstić information content (AvgIpc) is 2.05. The Morgan fingerprint density at radius 2 is 2.00 bits per heavy atom. The highest BCUT2D eigenvalue weighted by atomic mass is 127. The Hall–Kier alpha value is -0.500. The molecule has 82 valence electrons. The van der Waals surface area contributed by atoms with Gasteiger partial charge in [0.15, 0.2) is 0 Å². The lowest BCUT2D eigenvalue weighted by molar-refractivity contribution is -0.274. The van der Waals surface area contributed by atoms with Crippen molar-refractivity contribution >= 4 is 39.4 Å². The number of hydrogen-bond acceptors (Lipinski definition) is 2. The summed E-state index contributed by atoms with van der Waals surface area (Å²) in [5, 5.41) is -0.730. The van der Waals surface area contributed by atoms with Crippen molar-refractivity contribution < 1.29 is 22.7 Å². The van der Waals surface area contributed by atoms with Crippen LogP contribution in [0.4, 0.5) is 13.2 Å². The Bertz CT molecular complexity index is 392. The molecular formula is C8H3ClF3IO2. The lowest BCUT2D eigenvalue weighted by Gasteiger charge is -2.10. The Balaban J connectivity index is 2.99. The zero-order valence-corrected chi connectivity index (χ0v) is 9.85. The molecule has 0 saturated carbocycles. The average molecular weight is 350 g/mol. The van der Waals surface area contributed by atoms with E-state index < -0.39 is 11.6 Å². The highest BCUT2D eigenvalue weighted by Crippen LogP contribution is 2.28. The third kappa shape index (κ3) is 3.86. The van der Waals surface area contributed by atoms with E-state index >= 15 is 0 Å². The van der Waals surface area contributed by atoms with Crippen LogP contribution in [0.2, 0.25) is 0 Å². The fraction of sp³-hybridized carbons (Fsp3) is 0.125. The molecule has 1 aromatic rings. The SMILES string of the molecule is O=C(Cl)c1ccc(OC(F)(F)F)c(I)c1. The Kier molecular flexibility index (Phi) is 3.82. The van der Waals surface area contributed by atoms with Gasteiger partial charge in [-0.05, 0) is 52.4 Å². The fourth-order valence-electron chi connectivity index (χ4n) is 0.831. The van der Waals surface area contributed by atoms with E-state index in [-0.39, 0.29) is 14.9 Å². The van der Waals surface area contributed by atoms with E-state index in [1.165, 1.54) is 12.1 Å². The van der Waals surface area contributed by atoms with E-state index in [0.29, 0.717) is 0 Å². The molecule has 0 saturated heterocycles. The van der Waals surface area contributed by atoms with Crippen LogP contribution < -0.4 is 4.74 Å². The second-order valence-electron chi connectivity index (χ2n) is 2.47. The third-order valence-corrected chi connectivity index (χ3v) is 2.45. The molecule has 0 aliphatic rings. The molecule has 1 aromatic carbocycles. The van der Waals surface area contributed by atoms with Gasteiger partial charge in [-0.2, -0.15) is 0 Å². The number of rotatable bonds is 2. The molecule has 0 aliphatic carbocycles. The second-order valence-corrected chi connectivity index (χ2v) is 3.97. The van der Waals surface area contributed by atoms with E-state index in [1.54, 1.807) is 22.6 Å². The molecular weight excluding hydrogens is 347 g/mol. The van der Waals surface area contributed by atoms with Gasteiger partial charge in [-0.3, -0.25) is 4.79 Å². The first-order chi connectivity index (χ1) is 6.79. The molecule has 0 amide bonds. The molecule has 0 radical (unpaired) electrons. The largest absolute Gasteiger partial charge is 0.573 e. The van der Waals surface area contributed by atoms with Crippen molar-refractivity contribution in [2.45, 2.75) is 6.36 Å². The number of benzene rings is 1. The summed E-state index contributed by atoms with van der Waals surface area (Å²) in [7, 11) is 0. The van der Waals surface area contributed by atoms with Crippen LogP contribution in [-0.2, 0) is 0 Å². The summed E-state index contributed by atoms with van der Waals surface area (Å²) in [5.74, 6) is -0.357. The first kappa shape index (κ1) is 12.6. The van der Waals surface area contributed by atoms with Crippen molar-refractivity contribution in [3.8, 4) is 5.75 Å². The van der Waals surface area contributed by atoms with Crippen LogP contribution in [0.3, 0.4) is 0 Å². The molecule has 0 unspecified atom stereocenters. The van der Waals surface area contributed by atoms with Crippen LogP contribution in [0.15, 0.2) is 18.2 Å². The van der Waals surface area contributed by atoms with Gasteiger partial charge in [0.25, 0.3) is 5.24 Å². The van der Waals surface area contributed by atoms with Crippen LogP contribution in [0.5, 0.6) is 5.75 Å². The second kappa shape index (κ2) is 4.56. The summed E-state index contributed by atoms with van der Waals surface area (Å²) < 4.78 is 39.5. The van der Waals surface area contributed by atoms with Crippen molar-refractivity contribution in [1.82, 2.24) is 0 Å². The minimum Gasteiger partial charge on any atom is -0.405 e. The van der Waals surface area contributed by atoms with Gasteiger partial charge < -0.3 is 4.74 Å². The molecule has 2 nitrogen and oxygen atoms in total. The van der Waals surface area contributed by atoms with E-state index in [9.17, 15) is 18.0 Å². The molecule has 1 rings (SSSR count). The predicted molar refractivity (Wildman–Crippen MR) is 56.0 cm³/mol. The first-order valence-electron chi connectivity index (χ1n) is 3.55. The number of hydrogen-bond donors (Lipinski definition) is 0. The molecule has 0 N–H and O–H groups in total. The van der Waals surface area contributed by atoms with Gasteiger partial charge in [0.05, 0.1) is 3.57 Å². The van der Waals surface area contributed by atoms with Crippen molar-refractivity contribution in [3.05, 3.63) is 27.3 Å². The van der Waals surface area contributed by atoms with Crippen molar-refractivity contribution in [3.63, 3.8) is 0 Å². The van der Waals surface area contributed by atoms with Crippen LogP contribution in [-0.4, -0.2) is 11.6 Å². The molecule has 0 spiro atoms. The highest BCUT2D eigenvalue weighted by Gasteiger charge is 2.31. The molecule has 15 heavy (non-hydrogen) atoms. The molecule has 0 bridgehead atoms. The zero-order chi connectivity index (χ0) is 11.6. The Labute approximate surface area is 101 Å². The number of carbonyl (C=O) groups excluding carboxylic acids is 1. The lowest BCUT2D eigenvalue weighted by atomic mass is 10.2. The van der Waals surface area contributed by atoms with Crippen molar-refractivity contribution in [1.29, 1.82) is 0 Å². The molecule has 7 heteroatoms. The number of carbonyl (C=O) groups is 1. The third-order valence-electron chi connectivity index (χ3n) is 1.38. The Morgan fingerprint density at radius 3 is 2.40 bits per heavy atom. The van der Waals surface area contributed by atoms with Crippen molar-refractivity contribution in [2.24, 2.45) is 0 Å². The van der Waals surface area contributed by atoms with E-state index in [0.717, 1.165) is 6.07 Å². The maximum Gasteiger partial charge on any atom is 0.573 e. The van der Waals surface area contributed by atoms with Crippen LogP contribution in [0.25, 0.3) is 0 Å². The maximum atomic E-state index is 11.9. The molecule has 0 fully saturated rings. The van der Waals surface area contributed by atoms with Crippen molar-refractivity contribution in [2.75, 3.05) is 0 Å². The van der Waals surface area contributed by atoms with Gasteiger partial charge in [-0.1, -0.05) is 0 Å². The van der Waals surface area contributed by atoms with Gasteiger partial charge in [-0.15, -0.1) is 13.2 Å². The molecule has 0 atom stereocenters. The van der Waals surface area contributed by atoms with E-state index in [1.807, 2.05) is 0 Å². The quantitative estimate of drug-likeness (QED) is 0.602. The van der Waals surface area contributed by atoms with Crippen LogP contribution in [0.1, 0.15) is 10.4 Å². The maximum absolute atomic E-state index is 11.9. The smallest absolute Gasteiger partial charge is 0.405 e. The monoisotopic (exact) mass is 350 g/mol. The summed E-state index contributed by atoms with van der Waals surface area (Å²) in [6.07, 6.45) is -4.74. The summed E-state index contributed by atoms with van der Waals surface area (Å²) >= 11 is 6.78. The van der Waals surface area contributed by atoms with Gasteiger partial charge in [0, 0.05) is 5.56 Å². The topological polar surface area (TPSA) is 26.3 Å². The number of halogens is 5. The number of ether oxygens (including phenoxy) is 1. The summed E-state index contributed by atoms with van der Waals surface area (Å²) in [6, 6.07) is 3.43. The Morgan fingerprint density at radius 1 is 1.40 bits per heavy atom. The van der Waals surface area contributed by atoms with Crippen LogP contribution >= 0.6 is 34.2 Å². The van der Waals surface area contributed by atoms with Gasteiger partial charge in [0.2, 0.25) is 0 Å². The highest BCUT2D eigenvalue weighted by molar-refractivity contribution is 14.1. The molecule has 0 heterocycles. The predicted octanol–water partition coefficient (Wildman–Crippen LogP) is 3.57. The number of alkyl halides is 3. The standard InChI is InChI=1S/C8H3ClF3IO2/c9-7(14)4-1-2-6(5(13)3-4)15-8(10,11)12/h1-3H. The lowest BCUT2D eigenvalue weighted by Crippen LogP contribution is -2.17. The normalized spacial score (nSPS) is 11.3. The summed E-state index contributed by atoms with van der Waals surface area (Å²) in [5.41, 5.74) is 0.121. The zero-order valence-electron chi connectivity index (χ0n) is 6.94. The molecule has 0 aromatic heterocycles. The molecule has 0 aliphatic heterocycles. The summed E-state index contributed by atoms with van der Waals surface area (Å²) in [6.45, 7) is 0. The summed E-state index contributed by atoms with van der Waals surface area (Å²) in [4.78, 5) is 10.7. The minimum absolute atomic E-state index is 0.121. The fourth-order valence-corrected chi connectivity index (χ4v) is 1.57. The first-order valence-corrected chi connectivity index (χ1v) is 5.00. The van der Waals surface area contributed by atoms with Gasteiger partial charge in [0.1, 0.15) is 5.75 Å².